The van der Waals surface area contributed by atoms with Crippen LogP contribution in [0, 0.1) is 6.92 Å². The van der Waals surface area contributed by atoms with Crippen LogP contribution in [0.3, 0.4) is 0 Å². The molecule has 8 heteroatoms. The quantitative estimate of drug-likeness (QED) is 0.824. The molecule has 3 rings (SSSR count). The Morgan fingerprint density at radius 2 is 2.24 bits per heavy atom. The molecule has 0 spiro atoms. The average molecular weight is 343 g/mol. The molecular weight excluding hydrogens is 322 g/mol. The number of nitrogens with one attached hydrogen (secondary N) is 1. The fourth-order valence-corrected chi connectivity index (χ4v) is 2.87. The van der Waals surface area contributed by atoms with Crippen molar-refractivity contribution in [1.82, 2.24) is 24.8 Å². The molecule has 132 valence electrons. The van der Waals surface area contributed by atoms with E-state index in [2.05, 4.69) is 15.3 Å². The Kier molecular flexibility index (Phi) is 5.08. The molecule has 0 aliphatic carbocycles. The van der Waals surface area contributed by atoms with E-state index in [0.29, 0.717) is 31.9 Å². The van der Waals surface area contributed by atoms with Crippen LogP contribution >= 0.6 is 0 Å². The largest absolute Gasteiger partial charge is 0.383 e. The number of carbonyl (C=O) groups excluding carboxylic acids is 2. The molecular formula is C17H21N5O3. The van der Waals surface area contributed by atoms with E-state index < -0.39 is 0 Å². The Labute approximate surface area is 145 Å². The minimum atomic E-state index is -0.301. The first kappa shape index (κ1) is 17.1. The van der Waals surface area contributed by atoms with E-state index in [1.165, 1.54) is 6.20 Å². The van der Waals surface area contributed by atoms with Crippen molar-refractivity contribution in [3.05, 3.63) is 47.8 Å². The third kappa shape index (κ3) is 3.69. The number of methoxy groups -OCH3 is 1. The maximum absolute atomic E-state index is 12.7. The molecule has 1 N–H and O–H groups in total. The number of hydrogen-bond donors (Lipinski definition) is 1. The summed E-state index contributed by atoms with van der Waals surface area (Å²) >= 11 is 0. The molecule has 0 aromatic carbocycles. The lowest BCUT2D eigenvalue weighted by Gasteiger charge is -2.36. The Bertz CT molecular complexity index is 756. The van der Waals surface area contributed by atoms with E-state index in [-0.39, 0.29) is 23.6 Å². The normalized spacial score (nSPS) is 16.6. The first-order valence-corrected chi connectivity index (χ1v) is 8.12. The van der Waals surface area contributed by atoms with E-state index in [0.717, 1.165) is 5.69 Å². The number of aryl methyl sites for hydroxylation is 1. The van der Waals surface area contributed by atoms with Crippen molar-refractivity contribution < 1.29 is 14.3 Å². The number of ether oxygens (including phenoxy) is 1. The van der Waals surface area contributed by atoms with Crippen LogP contribution in [0.4, 0.5) is 0 Å². The predicted molar refractivity (Wildman–Crippen MR) is 90.2 cm³/mol. The zero-order valence-electron chi connectivity index (χ0n) is 14.3. The van der Waals surface area contributed by atoms with Crippen LogP contribution in [0.2, 0.25) is 0 Å². The summed E-state index contributed by atoms with van der Waals surface area (Å²) in [5, 5.41) is 2.85. The number of hydrogen-bond acceptors (Lipinski definition) is 5. The molecule has 0 bridgehead atoms. The maximum Gasteiger partial charge on any atom is 0.271 e. The van der Waals surface area contributed by atoms with Gasteiger partial charge in [-0.1, -0.05) is 0 Å². The van der Waals surface area contributed by atoms with Gasteiger partial charge < -0.3 is 19.5 Å². The molecule has 2 aromatic rings. The van der Waals surface area contributed by atoms with Crippen molar-refractivity contribution in [3.63, 3.8) is 0 Å². The third-order valence-corrected chi connectivity index (χ3v) is 4.21. The summed E-state index contributed by atoms with van der Waals surface area (Å²) in [5.41, 5.74) is 1.67. The number of amides is 2. The van der Waals surface area contributed by atoms with Crippen molar-refractivity contribution in [2.24, 2.45) is 0 Å². The van der Waals surface area contributed by atoms with Crippen LogP contribution in [-0.2, 0) is 11.3 Å². The molecule has 0 fully saturated rings. The Morgan fingerprint density at radius 1 is 1.40 bits per heavy atom. The molecule has 8 nitrogen and oxygen atoms in total. The van der Waals surface area contributed by atoms with Gasteiger partial charge in [-0.05, 0) is 19.1 Å². The highest BCUT2D eigenvalue weighted by molar-refractivity contribution is 5.94. The molecule has 0 radical (unpaired) electrons. The van der Waals surface area contributed by atoms with Gasteiger partial charge in [0.1, 0.15) is 11.4 Å². The van der Waals surface area contributed by atoms with Gasteiger partial charge in [0, 0.05) is 39.1 Å². The summed E-state index contributed by atoms with van der Waals surface area (Å²) in [5.74, 6) is -0.354. The van der Waals surface area contributed by atoms with E-state index in [1.807, 2.05) is 23.8 Å². The molecule has 1 aliphatic rings. The van der Waals surface area contributed by atoms with Gasteiger partial charge >= 0.3 is 0 Å². The highest BCUT2D eigenvalue weighted by Crippen LogP contribution is 2.18. The smallest absolute Gasteiger partial charge is 0.271 e. The van der Waals surface area contributed by atoms with Gasteiger partial charge in [-0.25, -0.2) is 4.98 Å². The minimum absolute atomic E-state index is 0.0531. The zero-order valence-corrected chi connectivity index (χ0v) is 14.3. The van der Waals surface area contributed by atoms with Crippen LogP contribution < -0.4 is 5.32 Å². The zero-order chi connectivity index (χ0) is 17.8. The summed E-state index contributed by atoms with van der Waals surface area (Å²) in [7, 11) is 1.60. The Hall–Kier alpha value is -2.74. The lowest BCUT2D eigenvalue weighted by Crippen LogP contribution is -2.53. The van der Waals surface area contributed by atoms with Gasteiger partial charge in [-0.15, -0.1) is 0 Å². The number of aromatic nitrogens is 3. The van der Waals surface area contributed by atoms with Gasteiger partial charge in [0.05, 0.1) is 24.5 Å². The Balaban J connectivity index is 1.69. The predicted octanol–water partition coefficient (Wildman–Crippen LogP) is 0.487. The van der Waals surface area contributed by atoms with Gasteiger partial charge in [-0.2, -0.15) is 0 Å². The minimum Gasteiger partial charge on any atom is -0.383 e. The highest BCUT2D eigenvalue weighted by Gasteiger charge is 2.32. The molecule has 1 atom stereocenters. The van der Waals surface area contributed by atoms with Crippen molar-refractivity contribution >= 4 is 11.8 Å². The third-order valence-electron chi connectivity index (χ3n) is 4.21. The summed E-state index contributed by atoms with van der Waals surface area (Å²) in [6.45, 7) is 3.69. The fraction of sp³-hybridized carbons (Fsp3) is 0.412. The van der Waals surface area contributed by atoms with Crippen LogP contribution in [0.1, 0.15) is 26.7 Å². The highest BCUT2D eigenvalue weighted by atomic mass is 16.5. The summed E-state index contributed by atoms with van der Waals surface area (Å²) in [6, 6.07) is 3.51. The van der Waals surface area contributed by atoms with Crippen LogP contribution in [-0.4, -0.2) is 64.1 Å². The summed E-state index contributed by atoms with van der Waals surface area (Å²) < 4.78 is 7.02. The second-order valence-corrected chi connectivity index (χ2v) is 5.94. The lowest BCUT2D eigenvalue weighted by molar-refractivity contribution is 0.0504. The van der Waals surface area contributed by atoms with E-state index >= 15 is 0 Å². The van der Waals surface area contributed by atoms with Gasteiger partial charge in [0.2, 0.25) is 0 Å². The second kappa shape index (κ2) is 7.43. The SMILES string of the molecule is COCCN1C(=O)c2cccn2CC1CNC(=O)c1cnc(C)cn1. The molecule has 1 aliphatic heterocycles. The van der Waals surface area contributed by atoms with Gasteiger partial charge in [0.15, 0.2) is 0 Å². The van der Waals surface area contributed by atoms with Crippen LogP contribution in [0.5, 0.6) is 0 Å². The molecule has 2 aromatic heterocycles. The van der Waals surface area contributed by atoms with Gasteiger partial charge in [0.25, 0.3) is 11.8 Å². The maximum atomic E-state index is 12.7. The van der Waals surface area contributed by atoms with E-state index in [4.69, 9.17) is 4.74 Å². The molecule has 1 unspecified atom stereocenters. The van der Waals surface area contributed by atoms with Crippen molar-refractivity contribution in [2.45, 2.75) is 19.5 Å². The molecule has 25 heavy (non-hydrogen) atoms. The lowest BCUT2D eigenvalue weighted by atomic mass is 10.1. The Morgan fingerprint density at radius 3 is 2.96 bits per heavy atom. The monoisotopic (exact) mass is 343 g/mol. The number of carbonyl (C=O) groups is 2. The van der Waals surface area contributed by atoms with Crippen LogP contribution in [0.15, 0.2) is 30.7 Å². The van der Waals surface area contributed by atoms with E-state index in [1.54, 1.807) is 24.3 Å². The van der Waals surface area contributed by atoms with Gasteiger partial charge in [-0.3, -0.25) is 14.6 Å². The molecule has 2 amide bonds. The summed E-state index contributed by atoms with van der Waals surface area (Å²) in [4.78, 5) is 34.8. The topological polar surface area (TPSA) is 89.4 Å². The number of nitrogens with zero attached hydrogens (tertiary/aromatic N) is 4. The standard InChI is InChI=1S/C17H21N5O3/c1-12-8-19-14(10-18-12)16(23)20-9-13-11-21-5-3-4-15(21)17(24)22(13)6-7-25-2/h3-5,8,10,13H,6-7,9,11H2,1-2H3,(H,20,23). The van der Waals surface area contributed by atoms with Crippen molar-refractivity contribution in [2.75, 3.05) is 26.8 Å². The van der Waals surface area contributed by atoms with Crippen molar-refractivity contribution in [1.29, 1.82) is 0 Å². The van der Waals surface area contributed by atoms with E-state index in [9.17, 15) is 9.59 Å². The summed E-state index contributed by atoms with van der Waals surface area (Å²) in [6.07, 6.45) is 4.88. The van der Waals surface area contributed by atoms with Crippen molar-refractivity contribution in [3.8, 4) is 0 Å². The first-order valence-electron chi connectivity index (χ1n) is 8.12. The fourth-order valence-electron chi connectivity index (χ4n) is 2.87. The molecule has 0 saturated heterocycles. The molecule has 0 saturated carbocycles. The molecule has 3 heterocycles. The number of fused-ring (bicyclic) bond motifs is 1. The number of rotatable bonds is 6. The first-order chi connectivity index (χ1) is 12.1. The average Bonchev–Trinajstić information content (AvgIpc) is 3.08. The van der Waals surface area contributed by atoms with Crippen LogP contribution in [0.25, 0.3) is 0 Å². The second-order valence-electron chi connectivity index (χ2n) is 5.94.